The Labute approximate surface area is 169 Å². The van der Waals surface area contributed by atoms with Crippen LogP contribution in [0.5, 0.6) is 0 Å². The van der Waals surface area contributed by atoms with E-state index in [1.54, 1.807) is 29.2 Å². The fourth-order valence-corrected chi connectivity index (χ4v) is 2.83. The summed E-state index contributed by atoms with van der Waals surface area (Å²) >= 11 is 0. The van der Waals surface area contributed by atoms with Crippen molar-refractivity contribution in [2.75, 3.05) is 24.6 Å². The molecule has 1 atom stereocenters. The lowest BCUT2D eigenvalue weighted by Gasteiger charge is -2.18. The average molecular weight is 405 g/mol. The second-order valence-electron chi connectivity index (χ2n) is 6.59. The Bertz CT molecular complexity index is 750. The van der Waals surface area contributed by atoms with Crippen LogP contribution in [0.4, 0.5) is 10.5 Å². The molecular formula is C19H27N5O5. The van der Waals surface area contributed by atoms with Crippen LogP contribution in [0, 0.1) is 0 Å². The molecule has 0 unspecified atom stereocenters. The van der Waals surface area contributed by atoms with Gasteiger partial charge in [-0.05, 0) is 37.1 Å². The number of oxime groups is 1. The summed E-state index contributed by atoms with van der Waals surface area (Å²) in [4.78, 5) is 37.6. The normalized spacial score (nSPS) is 16.6. The first-order valence-electron chi connectivity index (χ1n) is 9.55. The van der Waals surface area contributed by atoms with Crippen LogP contribution in [0.15, 0.2) is 29.4 Å². The van der Waals surface area contributed by atoms with Gasteiger partial charge in [-0.2, -0.15) is 0 Å². The molecule has 1 heterocycles. The number of nitrogens with one attached hydrogen (secondary N) is 2. The fraction of sp³-hybridized carbons (Fsp3) is 0.474. The van der Waals surface area contributed by atoms with Crippen molar-refractivity contribution in [3.05, 3.63) is 29.8 Å². The predicted octanol–water partition coefficient (Wildman–Crippen LogP) is 0.919. The Morgan fingerprint density at radius 2 is 2.07 bits per heavy atom. The summed E-state index contributed by atoms with van der Waals surface area (Å²) in [5, 5.41) is 16.8. The van der Waals surface area contributed by atoms with Crippen LogP contribution in [-0.2, 0) is 14.3 Å². The number of anilines is 1. The Morgan fingerprint density at radius 3 is 2.72 bits per heavy atom. The van der Waals surface area contributed by atoms with Gasteiger partial charge in [0.15, 0.2) is 5.84 Å². The average Bonchev–Trinajstić information content (AvgIpc) is 3.08. The Morgan fingerprint density at radius 1 is 1.34 bits per heavy atom. The van der Waals surface area contributed by atoms with E-state index in [2.05, 4.69) is 15.8 Å². The van der Waals surface area contributed by atoms with E-state index in [0.717, 1.165) is 12.8 Å². The van der Waals surface area contributed by atoms with Crippen LogP contribution in [0.1, 0.15) is 38.2 Å². The van der Waals surface area contributed by atoms with E-state index in [0.29, 0.717) is 30.8 Å². The molecule has 0 aromatic heterocycles. The van der Waals surface area contributed by atoms with Crippen molar-refractivity contribution in [2.24, 2.45) is 10.9 Å². The second-order valence-corrected chi connectivity index (χ2v) is 6.59. The summed E-state index contributed by atoms with van der Waals surface area (Å²) in [6.07, 6.45) is 2.29. The van der Waals surface area contributed by atoms with Crippen molar-refractivity contribution >= 4 is 29.4 Å². The predicted molar refractivity (Wildman–Crippen MR) is 107 cm³/mol. The van der Waals surface area contributed by atoms with Gasteiger partial charge >= 0.3 is 12.0 Å². The highest BCUT2D eigenvalue weighted by molar-refractivity contribution is 6.02. The molecule has 10 nitrogen and oxygen atoms in total. The van der Waals surface area contributed by atoms with Crippen LogP contribution in [0.25, 0.3) is 0 Å². The monoisotopic (exact) mass is 405 g/mol. The van der Waals surface area contributed by atoms with Gasteiger partial charge in [-0.15, -0.1) is 0 Å². The van der Waals surface area contributed by atoms with Gasteiger partial charge in [0.1, 0.15) is 6.04 Å². The highest BCUT2D eigenvalue weighted by Gasteiger charge is 2.33. The summed E-state index contributed by atoms with van der Waals surface area (Å²) in [6, 6.07) is 5.52. The Balaban J connectivity index is 1.78. The molecule has 0 aliphatic carbocycles. The molecule has 158 valence electrons. The molecule has 0 bridgehead atoms. The van der Waals surface area contributed by atoms with Crippen LogP contribution >= 0.6 is 0 Å². The van der Waals surface area contributed by atoms with Crippen molar-refractivity contribution < 1.29 is 24.3 Å². The van der Waals surface area contributed by atoms with Gasteiger partial charge in [-0.3, -0.25) is 9.59 Å². The number of amides is 3. The topological polar surface area (TPSA) is 146 Å². The van der Waals surface area contributed by atoms with Gasteiger partial charge in [-0.1, -0.05) is 18.5 Å². The second kappa shape index (κ2) is 10.9. The lowest BCUT2D eigenvalue weighted by atomic mass is 10.2. The van der Waals surface area contributed by atoms with Gasteiger partial charge in [0.25, 0.3) is 0 Å². The molecule has 29 heavy (non-hydrogen) atoms. The zero-order chi connectivity index (χ0) is 21.2. The number of nitrogens with zero attached hydrogens (tertiary/aromatic N) is 2. The van der Waals surface area contributed by atoms with E-state index >= 15 is 0 Å². The summed E-state index contributed by atoms with van der Waals surface area (Å²) in [5.41, 5.74) is 6.72. The molecule has 0 radical (unpaired) electrons. The number of hydrogen-bond acceptors (Lipinski definition) is 6. The quantitative estimate of drug-likeness (QED) is 0.120. The van der Waals surface area contributed by atoms with Crippen LogP contribution in [0.2, 0.25) is 0 Å². The number of amidine groups is 1. The standard InChI is InChI=1S/C19H27N5O5/c1-2-3-12-29-16(25)8-10-21-19(27)22-15-9-11-24(18(15)26)14-6-4-13(5-7-14)17(20)23-28/h4-7,15,28H,2-3,8-12H2,1H3,(H2,20,23)(H2,21,22,27)/t15-/m0/s1. The molecule has 1 aromatic carbocycles. The smallest absolute Gasteiger partial charge is 0.315 e. The molecule has 2 rings (SSSR count). The Hall–Kier alpha value is -3.30. The fourth-order valence-electron chi connectivity index (χ4n) is 2.83. The van der Waals surface area contributed by atoms with E-state index < -0.39 is 12.1 Å². The minimum Gasteiger partial charge on any atom is -0.466 e. The molecule has 10 heteroatoms. The third-order valence-electron chi connectivity index (χ3n) is 4.47. The number of benzene rings is 1. The first kappa shape index (κ1) is 22.0. The molecule has 5 N–H and O–H groups in total. The lowest BCUT2D eigenvalue weighted by molar-refractivity contribution is -0.143. The molecule has 1 aliphatic rings. The van der Waals surface area contributed by atoms with Crippen LogP contribution in [-0.4, -0.2) is 54.7 Å². The number of ether oxygens (including phenoxy) is 1. The maximum atomic E-state index is 12.6. The highest BCUT2D eigenvalue weighted by atomic mass is 16.5. The third kappa shape index (κ3) is 6.37. The summed E-state index contributed by atoms with van der Waals surface area (Å²) < 4.78 is 5.01. The highest BCUT2D eigenvalue weighted by Crippen LogP contribution is 2.22. The van der Waals surface area contributed by atoms with Gasteiger partial charge in [0, 0.05) is 24.3 Å². The van der Waals surface area contributed by atoms with Crippen LogP contribution in [0.3, 0.4) is 0 Å². The molecule has 1 fully saturated rings. The molecule has 0 saturated carbocycles. The number of unbranched alkanes of at least 4 members (excludes halogenated alkanes) is 1. The first-order chi connectivity index (χ1) is 14.0. The zero-order valence-electron chi connectivity index (χ0n) is 16.4. The Kier molecular flexibility index (Phi) is 8.26. The first-order valence-corrected chi connectivity index (χ1v) is 9.55. The summed E-state index contributed by atoms with van der Waals surface area (Å²) in [5.74, 6) is -0.609. The van der Waals surface area contributed by atoms with Crippen molar-refractivity contribution in [1.29, 1.82) is 0 Å². The van der Waals surface area contributed by atoms with Crippen molar-refractivity contribution in [3.8, 4) is 0 Å². The minimum absolute atomic E-state index is 0.0187. The van der Waals surface area contributed by atoms with Gasteiger partial charge in [0.2, 0.25) is 5.91 Å². The number of nitrogens with two attached hydrogens (primary N) is 1. The number of carbonyl (C=O) groups is 3. The molecule has 1 aromatic rings. The molecular weight excluding hydrogens is 378 g/mol. The van der Waals surface area contributed by atoms with E-state index in [9.17, 15) is 14.4 Å². The van der Waals surface area contributed by atoms with E-state index in [1.807, 2.05) is 6.92 Å². The third-order valence-corrected chi connectivity index (χ3v) is 4.47. The van der Waals surface area contributed by atoms with Gasteiger partial charge < -0.3 is 31.2 Å². The number of hydrogen-bond donors (Lipinski definition) is 4. The maximum absolute atomic E-state index is 12.6. The summed E-state index contributed by atoms with van der Waals surface area (Å²) in [6.45, 7) is 2.98. The lowest BCUT2D eigenvalue weighted by Crippen LogP contribution is -2.46. The largest absolute Gasteiger partial charge is 0.466 e. The minimum atomic E-state index is -0.643. The number of rotatable bonds is 9. The van der Waals surface area contributed by atoms with E-state index in [1.165, 1.54) is 0 Å². The van der Waals surface area contributed by atoms with Crippen molar-refractivity contribution in [3.63, 3.8) is 0 Å². The van der Waals surface area contributed by atoms with Gasteiger partial charge in [-0.25, -0.2) is 4.79 Å². The molecule has 1 saturated heterocycles. The van der Waals surface area contributed by atoms with Crippen LogP contribution < -0.4 is 21.3 Å². The SMILES string of the molecule is CCCCOC(=O)CCNC(=O)N[C@H]1CCN(c2ccc(C(N)=NO)cc2)C1=O. The van der Waals surface area contributed by atoms with Crippen molar-refractivity contribution in [2.45, 2.75) is 38.6 Å². The zero-order valence-corrected chi connectivity index (χ0v) is 16.4. The molecule has 1 aliphatic heterocycles. The van der Waals surface area contributed by atoms with E-state index in [-0.39, 0.29) is 30.7 Å². The number of carbonyl (C=O) groups excluding carboxylic acids is 3. The molecule has 3 amide bonds. The maximum Gasteiger partial charge on any atom is 0.315 e. The van der Waals surface area contributed by atoms with Gasteiger partial charge in [0.05, 0.1) is 13.0 Å². The number of urea groups is 1. The number of esters is 1. The van der Waals surface area contributed by atoms with E-state index in [4.69, 9.17) is 15.7 Å². The summed E-state index contributed by atoms with van der Waals surface area (Å²) in [7, 11) is 0. The van der Waals surface area contributed by atoms with Crippen molar-refractivity contribution in [1.82, 2.24) is 10.6 Å². The molecule has 0 spiro atoms.